The third kappa shape index (κ3) is 5.46. The van der Waals surface area contributed by atoms with E-state index in [1.807, 2.05) is 0 Å². The maximum Gasteiger partial charge on any atom is 0.167 e. The predicted octanol–water partition coefficient (Wildman–Crippen LogP) is 8.16. The fraction of sp³-hybridized carbons (Fsp3) is 0.538. The molecule has 1 aliphatic heterocycles. The molecule has 30 heavy (non-hydrogen) atoms. The van der Waals surface area contributed by atoms with Gasteiger partial charge < -0.3 is 4.74 Å². The minimum Gasteiger partial charge on any atom is -0.373 e. The summed E-state index contributed by atoms with van der Waals surface area (Å²) in [5.41, 5.74) is 1.19. The molecule has 3 rings (SSSR count). The summed E-state index contributed by atoms with van der Waals surface area (Å²) >= 11 is 0. The lowest BCUT2D eigenvalue weighted by atomic mass is 9.91. The molecular formula is C26H33F3O. The number of benzene rings is 2. The summed E-state index contributed by atoms with van der Waals surface area (Å²) in [7, 11) is 0. The topological polar surface area (TPSA) is 9.23 Å². The summed E-state index contributed by atoms with van der Waals surface area (Å²) < 4.78 is 50.0. The Hall–Kier alpha value is -1.81. The largest absolute Gasteiger partial charge is 0.373 e. The van der Waals surface area contributed by atoms with Crippen molar-refractivity contribution in [2.75, 3.05) is 6.61 Å². The van der Waals surface area contributed by atoms with E-state index >= 15 is 0 Å². The van der Waals surface area contributed by atoms with E-state index in [4.69, 9.17) is 4.74 Å². The van der Waals surface area contributed by atoms with Crippen LogP contribution in [0.15, 0.2) is 30.3 Å². The number of halogens is 3. The maximum absolute atomic E-state index is 14.8. The molecule has 0 aliphatic carbocycles. The number of ether oxygens (including phenoxy) is 1. The molecule has 2 unspecified atom stereocenters. The van der Waals surface area contributed by atoms with Gasteiger partial charge in [-0.25, -0.2) is 13.2 Å². The van der Waals surface area contributed by atoms with Gasteiger partial charge in [0.25, 0.3) is 0 Å². The van der Waals surface area contributed by atoms with Gasteiger partial charge in [0.1, 0.15) is 5.82 Å². The smallest absolute Gasteiger partial charge is 0.167 e. The Kier molecular flexibility index (Phi) is 8.38. The van der Waals surface area contributed by atoms with Gasteiger partial charge in [-0.3, -0.25) is 0 Å². The van der Waals surface area contributed by atoms with Gasteiger partial charge in [0.2, 0.25) is 0 Å². The number of aryl methyl sites for hydroxylation is 1. The summed E-state index contributed by atoms with van der Waals surface area (Å²) in [6.07, 6.45) is 8.60. The lowest BCUT2D eigenvalue weighted by Gasteiger charge is -2.29. The maximum atomic E-state index is 14.8. The molecule has 0 aromatic heterocycles. The molecule has 1 fully saturated rings. The third-order valence-corrected chi connectivity index (χ3v) is 6.18. The molecule has 1 saturated heterocycles. The second-order valence-electron chi connectivity index (χ2n) is 8.50. The average Bonchev–Trinajstić information content (AvgIpc) is 2.75. The molecule has 0 spiro atoms. The number of hydrogen-bond acceptors (Lipinski definition) is 1. The van der Waals surface area contributed by atoms with Crippen LogP contribution in [0.5, 0.6) is 0 Å². The molecule has 1 heterocycles. The number of unbranched alkanes of at least 4 members (excludes halogenated alkanes) is 3. The fourth-order valence-electron chi connectivity index (χ4n) is 4.39. The Balaban J connectivity index is 1.73. The molecular weight excluding hydrogens is 385 g/mol. The Morgan fingerprint density at radius 2 is 1.67 bits per heavy atom. The molecule has 2 atom stereocenters. The molecule has 1 nitrogen and oxygen atoms in total. The molecule has 4 heteroatoms. The van der Waals surface area contributed by atoms with Gasteiger partial charge in [0.05, 0.1) is 12.7 Å². The van der Waals surface area contributed by atoms with Crippen LogP contribution in [0.25, 0.3) is 11.1 Å². The minimum absolute atomic E-state index is 0.0265. The highest BCUT2D eigenvalue weighted by Gasteiger charge is 2.24. The predicted molar refractivity (Wildman–Crippen MR) is 116 cm³/mol. The first-order valence-electron chi connectivity index (χ1n) is 11.4. The zero-order chi connectivity index (χ0) is 21.5. The number of hydrogen-bond donors (Lipinski definition) is 0. The average molecular weight is 419 g/mol. The van der Waals surface area contributed by atoms with E-state index in [9.17, 15) is 13.2 Å². The highest BCUT2D eigenvalue weighted by Crippen LogP contribution is 2.35. The van der Waals surface area contributed by atoms with Crippen LogP contribution in [-0.2, 0) is 11.2 Å². The van der Waals surface area contributed by atoms with Gasteiger partial charge in [0, 0.05) is 11.1 Å². The van der Waals surface area contributed by atoms with E-state index in [1.165, 1.54) is 12.1 Å². The van der Waals surface area contributed by atoms with Crippen LogP contribution in [-0.4, -0.2) is 6.61 Å². The van der Waals surface area contributed by atoms with Crippen molar-refractivity contribution in [1.29, 1.82) is 0 Å². The van der Waals surface area contributed by atoms with Crippen molar-refractivity contribution in [3.63, 3.8) is 0 Å². The highest BCUT2D eigenvalue weighted by molar-refractivity contribution is 5.66. The first-order chi connectivity index (χ1) is 14.5. The van der Waals surface area contributed by atoms with Crippen molar-refractivity contribution in [2.45, 2.75) is 77.7 Å². The SMILES string of the molecule is CCCCCCc1ccc(-c2ccc(C3CCC(CCC)CO3)cc2F)c(F)c1F. The van der Waals surface area contributed by atoms with Crippen LogP contribution in [0.2, 0.25) is 0 Å². The summed E-state index contributed by atoms with van der Waals surface area (Å²) in [5.74, 6) is -1.79. The lowest BCUT2D eigenvalue weighted by Crippen LogP contribution is -2.20. The molecule has 0 amide bonds. The lowest BCUT2D eigenvalue weighted by molar-refractivity contribution is -0.0195. The zero-order valence-electron chi connectivity index (χ0n) is 18.2. The van der Waals surface area contributed by atoms with Crippen molar-refractivity contribution in [1.82, 2.24) is 0 Å². The molecule has 164 valence electrons. The zero-order valence-corrected chi connectivity index (χ0v) is 18.2. The Morgan fingerprint density at radius 1 is 0.867 bits per heavy atom. The minimum atomic E-state index is -0.967. The van der Waals surface area contributed by atoms with E-state index in [1.54, 1.807) is 18.2 Å². The molecule has 0 bridgehead atoms. The third-order valence-electron chi connectivity index (χ3n) is 6.18. The van der Waals surface area contributed by atoms with Crippen molar-refractivity contribution >= 4 is 0 Å². The molecule has 1 aliphatic rings. The normalized spacial score (nSPS) is 19.2. The van der Waals surface area contributed by atoms with E-state index < -0.39 is 17.5 Å². The van der Waals surface area contributed by atoms with Gasteiger partial charge in [-0.05, 0) is 55.2 Å². The standard InChI is InChI=1S/C26H33F3O/c1-3-5-6-7-9-19-11-14-22(26(29)25(19)28)21-13-12-20(16-23(21)27)24-15-10-18(8-4-2)17-30-24/h11-14,16,18,24H,3-10,15,17H2,1-2H3. The first-order valence-corrected chi connectivity index (χ1v) is 11.4. The summed E-state index contributed by atoms with van der Waals surface area (Å²) in [4.78, 5) is 0. The summed E-state index contributed by atoms with van der Waals surface area (Å²) in [6.45, 7) is 4.97. The Labute approximate surface area is 178 Å². The Bertz CT molecular complexity index is 825. The molecule has 2 aromatic carbocycles. The van der Waals surface area contributed by atoms with Crippen molar-refractivity contribution in [2.24, 2.45) is 5.92 Å². The van der Waals surface area contributed by atoms with Crippen molar-refractivity contribution < 1.29 is 17.9 Å². The van der Waals surface area contributed by atoms with E-state index in [0.717, 1.165) is 56.9 Å². The summed E-state index contributed by atoms with van der Waals surface area (Å²) in [5, 5.41) is 0. The van der Waals surface area contributed by atoms with Gasteiger partial charge in [0.15, 0.2) is 11.6 Å². The molecule has 2 aromatic rings. The van der Waals surface area contributed by atoms with Gasteiger partial charge in [-0.15, -0.1) is 0 Å². The van der Waals surface area contributed by atoms with E-state index in [0.29, 0.717) is 24.5 Å². The number of rotatable bonds is 9. The van der Waals surface area contributed by atoms with Gasteiger partial charge in [-0.2, -0.15) is 0 Å². The monoisotopic (exact) mass is 418 g/mol. The van der Waals surface area contributed by atoms with Gasteiger partial charge in [-0.1, -0.05) is 63.8 Å². The Morgan fingerprint density at radius 3 is 2.33 bits per heavy atom. The van der Waals surface area contributed by atoms with Crippen LogP contribution >= 0.6 is 0 Å². The second-order valence-corrected chi connectivity index (χ2v) is 8.50. The molecule has 0 N–H and O–H groups in total. The fourth-order valence-corrected chi connectivity index (χ4v) is 4.39. The van der Waals surface area contributed by atoms with Crippen molar-refractivity contribution in [3.05, 3.63) is 58.9 Å². The van der Waals surface area contributed by atoms with Crippen LogP contribution in [0.1, 0.15) is 82.4 Å². The van der Waals surface area contributed by atoms with Crippen LogP contribution in [0.4, 0.5) is 13.2 Å². The van der Waals surface area contributed by atoms with E-state index in [2.05, 4.69) is 13.8 Å². The van der Waals surface area contributed by atoms with Gasteiger partial charge >= 0.3 is 0 Å². The highest BCUT2D eigenvalue weighted by atomic mass is 19.2. The second kappa shape index (κ2) is 11.0. The summed E-state index contributed by atoms with van der Waals surface area (Å²) in [6, 6.07) is 7.82. The van der Waals surface area contributed by atoms with Crippen LogP contribution in [0, 0.1) is 23.4 Å². The van der Waals surface area contributed by atoms with E-state index in [-0.39, 0.29) is 17.2 Å². The molecule has 0 radical (unpaired) electrons. The first kappa shape index (κ1) is 22.9. The van der Waals surface area contributed by atoms with Crippen molar-refractivity contribution in [3.8, 4) is 11.1 Å². The van der Waals surface area contributed by atoms with Crippen LogP contribution in [0.3, 0.4) is 0 Å². The van der Waals surface area contributed by atoms with Crippen LogP contribution < -0.4 is 0 Å². The quantitative estimate of drug-likeness (QED) is 0.373. The molecule has 0 saturated carbocycles.